The van der Waals surface area contributed by atoms with Gasteiger partial charge in [0, 0.05) is 210 Å². The monoisotopic (exact) mass is 1630 g/mol. The van der Waals surface area contributed by atoms with Gasteiger partial charge in [-0.1, -0.05) is 121 Å². The molecule has 23 nitrogen and oxygen atoms in total. The summed E-state index contributed by atoms with van der Waals surface area (Å²) >= 11 is 0. The summed E-state index contributed by atoms with van der Waals surface area (Å²) in [5.41, 5.74) is 7.28. The summed E-state index contributed by atoms with van der Waals surface area (Å²) in [5, 5.41) is 8.40. The van der Waals surface area contributed by atoms with Crippen LogP contribution in [0.3, 0.4) is 0 Å². The van der Waals surface area contributed by atoms with E-state index in [0.29, 0.717) is 95.5 Å². The molecule has 4 unspecified atom stereocenters. The number of piperazine rings is 5. The molecule has 0 spiro atoms. The second-order valence-corrected chi connectivity index (χ2v) is 35.7. The molecule has 646 valence electrons. The highest BCUT2D eigenvalue weighted by atomic mass is 16.6. The number of nitrogens with zero attached hydrogens (tertiary/aromatic N) is 9. The van der Waals surface area contributed by atoms with Gasteiger partial charge in [-0.2, -0.15) is 0 Å². The van der Waals surface area contributed by atoms with Crippen molar-refractivity contribution in [1.82, 2.24) is 64.7 Å². The predicted octanol–water partition coefficient (Wildman–Crippen LogP) is 16.3. The van der Waals surface area contributed by atoms with E-state index in [-0.39, 0.29) is 71.9 Å². The fourth-order valence-corrected chi connectivity index (χ4v) is 16.8. The second kappa shape index (κ2) is 41.6. The van der Waals surface area contributed by atoms with E-state index >= 15 is 0 Å². The maximum atomic E-state index is 13.8. The Morgan fingerprint density at radius 3 is 1.14 bits per heavy atom. The van der Waals surface area contributed by atoms with Crippen LogP contribution >= 0.6 is 0 Å². The van der Waals surface area contributed by atoms with E-state index in [4.69, 9.17) is 18.9 Å². The number of hydrogen-bond donors (Lipinski definition) is 4. The number of carbonyl (C=O) groups is 6. The Labute approximate surface area is 708 Å². The van der Waals surface area contributed by atoms with Gasteiger partial charge in [-0.25, -0.2) is 9.59 Å². The Morgan fingerprint density at radius 2 is 0.748 bits per heavy atom. The van der Waals surface area contributed by atoms with Gasteiger partial charge in [0.05, 0.1) is 30.9 Å². The van der Waals surface area contributed by atoms with E-state index in [1.165, 1.54) is 54.6 Å². The lowest BCUT2D eigenvalue weighted by Gasteiger charge is -2.46. The zero-order chi connectivity index (χ0) is 87.1. The molecule has 0 aliphatic carbocycles. The Kier molecular flexibility index (Phi) is 32.6. The number of amides is 5. The maximum absolute atomic E-state index is 13.8. The zero-order valence-corrected chi connectivity index (χ0v) is 75.3. The summed E-state index contributed by atoms with van der Waals surface area (Å²) in [6, 6.07) is 55.6. The first-order valence-corrected chi connectivity index (χ1v) is 42.7. The van der Waals surface area contributed by atoms with E-state index < -0.39 is 22.9 Å². The molecule has 8 aromatic rings. The van der Waals surface area contributed by atoms with Crippen LogP contribution in [0.25, 0.3) is 21.8 Å². The molecule has 7 heterocycles. The second-order valence-electron chi connectivity index (χ2n) is 35.7. The number of hydrogen-bond acceptors (Lipinski definition) is 16. The lowest BCUT2D eigenvalue weighted by Crippen LogP contribution is -2.59. The summed E-state index contributed by atoms with van der Waals surface area (Å²) in [6.07, 6.45) is 2.98. The molecule has 0 saturated carbocycles. The number of H-pyrrole nitrogens is 2. The number of aromatic amines is 2. The number of likely N-dealkylation sites (N-methyl/N-ethyl adjacent to an activating group) is 1. The number of Topliss-reactive ketones (excluding diaryl/α,β-unsaturated/α-hetero) is 1. The van der Waals surface area contributed by atoms with Gasteiger partial charge < -0.3 is 64.0 Å². The fourth-order valence-electron chi connectivity index (χ4n) is 16.8. The van der Waals surface area contributed by atoms with E-state index in [0.717, 1.165) is 56.7 Å². The third kappa shape index (κ3) is 24.1. The van der Waals surface area contributed by atoms with Gasteiger partial charge in [-0.3, -0.25) is 38.8 Å². The largest absolute Gasteiger partial charge is 0.496 e. The minimum absolute atomic E-state index is 0.0251. The van der Waals surface area contributed by atoms with E-state index in [1.54, 1.807) is 24.1 Å². The van der Waals surface area contributed by atoms with Crippen molar-refractivity contribution >= 4 is 57.5 Å². The summed E-state index contributed by atoms with van der Waals surface area (Å²) in [5.74, 6) is -0.321. The molecule has 23 heteroatoms. The first-order chi connectivity index (χ1) is 56.3. The van der Waals surface area contributed by atoms with Crippen molar-refractivity contribution in [3.05, 3.63) is 203 Å². The van der Waals surface area contributed by atoms with Crippen LogP contribution < -0.4 is 20.1 Å². The first kappa shape index (κ1) is 93.2. The minimum atomic E-state index is -0.625. The number of benzene rings is 6. The van der Waals surface area contributed by atoms with Crippen molar-refractivity contribution < 1.29 is 47.7 Å². The molecule has 6 aromatic carbocycles. The molecule has 13 rings (SSSR count). The van der Waals surface area contributed by atoms with E-state index in [9.17, 15) is 28.8 Å². The summed E-state index contributed by atoms with van der Waals surface area (Å²) in [7, 11) is 6.21. The molecule has 5 aliphatic rings. The number of carbonyl (C=O) groups excluding carboxylic acids is 6. The minimum Gasteiger partial charge on any atom is -0.496 e. The fraction of sp³-hybridized carbons (Fsp3) is 0.521. The average Bonchev–Trinajstić information content (AvgIpc) is 1.70. The van der Waals surface area contributed by atoms with Crippen LogP contribution in [-0.2, 0) is 14.3 Å². The molecular formula is C96H137N13O10. The molecule has 5 fully saturated rings. The number of fused-ring (bicyclic) bond motifs is 2. The smallest absolute Gasteiger partial charge is 0.410 e. The van der Waals surface area contributed by atoms with E-state index in [2.05, 4.69) is 221 Å². The molecule has 0 bridgehead atoms. The van der Waals surface area contributed by atoms with Crippen LogP contribution in [0.2, 0.25) is 0 Å². The van der Waals surface area contributed by atoms with Gasteiger partial charge in [-0.05, 0) is 179 Å². The average molecular weight is 1630 g/mol. The zero-order valence-electron chi connectivity index (χ0n) is 75.3. The lowest BCUT2D eigenvalue weighted by molar-refractivity contribution is -0.124. The molecule has 119 heavy (non-hydrogen) atoms. The molecule has 4 N–H and O–H groups in total. The molecule has 14 atom stereocenters. The third-order valence-corrected chi connectivity index (χ3v) is 23.8. The third-order valence-electron chi connectivity index (χ3n) is 23.8. The SMILES string of the molecule is CC(c1ccccc1)N1C[C@@H](C)N(C(=O)OC(C)(C)C)C[C@@H]1C.CC(c1ccccc1)N1C[C@@H](C)NC[C@@H]1C.COc1cc2[nH]cc(C(=O)C(=O)N(C)C)c2cc1C(=O)N1C[C@H](C)N(C(C)c2ccccc2)C[C@H]1C.COc1cc2[nH]ccc2cc1C(=O)N1C[C@H](C)N(C(C)c2ccccc2)C[C@H]1C.C[C@@H]1CN[C@@H](C)CN1C(=O)OC(C)(C)C. The predicted molar refractivity (Wildman–Crippen MR) is 478 cm³/mol. The van der Waals surface area contributed by atoms with E-state index in [1.807, 2.05) is 118 Å². The highest BCUT2D eigenvalue weighted by molar-refractivity contribution is 6.44. The Hall–Kier alpha value is -9.62. The number of nitrogens with one attached hydrogen (secondary N) is 4. The summed E-state index contributed by atoms with van der Waals surface area (Å²) < 4.78 is 22.0. The van der Waals surface area contributed by atoms with Crippen molar-refractivity contribution in [1.29, 1.82) is 0 Å². The van der Waals surface area contributed by atoms with Gasteiger partial charge in [0.25, 0.3) is 23.5 Å². The van der Waals surface area contributed by atoms with Crippen LogP contribution in [0.15, 0.2) is 164 Å². The van der Waals surface area contributed by atoms with Gasteiger partial charge in [0.2, 0.25) is 0 Å². The Balaban J connectivity index is 0.000000176. The number of ketones is 1. The van der Waals surface area contributed by atoms with Crippen molar-refractivity contribution in [3.63, 3.8) is 0 Å². The Bertz CT molecular complexity index is 4610. The van der Waals surface area contributed by atoms with Gasteiger partial charge in [-0.15, -0.1) is 0 Å². The molecule has 2 aromatic heterocycles. The van der Waals surface area contributed by atoms with Gasteiger partial charge in [0.15, 0.2) is 0 Å². The highest BCUT2D eigenvalue weighted by Crippen LogP contribution is 2.36. The normalized spacial score (nSPS) is 23.1. The number of ether oxygens (including phenoxy) is 4. The van der Waals surface area contributed by atoms with Crippen LogP contribution in [0, 0.1) is 0 Å². The van der Waals surface area contributed by atoms with Crippen LogP contribution in [0.4, 0.5) is 9.59 Å². The van der Waals surface area contributed by atoms with Gasteiger partial charge in [0.1, 0.15) is 22.7 Å². The van der Waals surface area contributed by atoms with Crippen molar-refractivity contribution in [2.45, 2.75) is 234 Å². The first-order valence-electron chi connectivity index (χ1n) is 42.7. The number of methoxy groups -OCH3 is 2. The number of rotatable bonds is 14. The molecule has 0 radical (unpaired) electrons. The van der Waals surface area contributed by atoms with Gasteiger partial charge >= 0.3 is 12.2 Å². The summed E-state index contributed by atoms with van der Waals surface area (Å²) in [6.45, 7) is 50.1. The lowest BCUT2D eigenvalue weighted by atomic mass is 9.99. The number of aromatic nitrogens is 2. The summed E-state index contributed by atoms with van der Waals surface area (Å²) in [4.78, 5) is 102. The topological polar surface area (TPSA) is 224 Å². The Morgan fingerprint density at radius 1 is 0.395 bits per heavy atom. The van der Waals surface area contributed by atoms with Crippen molar-refractivity contribution in [2.24, 2.45) is 0 Å². The van der Waals surface area contributed by atoms with Crippen molar-refractivity contribution in [2.75, 3.05) is 93.8 Å². The molecule has 5 aliphatic heterocycles. The molecule has 5 amide bonds. The molecule has 5 saturated heterocycles. The molecular weight excluding hydrogens is 1500 g/mol. The highest BCUT2D eigenvalue weighted by Gasteiger charge is 2.41. The quantitative estimate of drug-likeness (QED) is 0.0587. The van der Waals surface area contributed by atoms with Crippen LogP contribution in [-0.4, -0.2) is 255 Å². The van der Waals surface area contributed by atoms with Crippen LogP contribution in [0.1, 0.15) is 216 Å². The maximum Gasteiger partial charge on any atom is 0.410 e. The van der Waals surface area contributed by atoms with Crippen LogP contribution in [0.5, 0.6) is 11.5 Å². The standard InChI is InChI=1S/C28H34N4O4.C24H29N3O2.C19H30N2O2.C14H22N2.C11H22N2O2/c1-17-16-32(18(2)15-31(17)19(3)20-10-8-7-9-11-20)27(34)22-12-21-23(26(33)28(35)30(4)5)14-29-24(21)13-25(22)36-6;1-16-15-27(17(2)14-26(16)18(3)19-8-6-5-7-9-19)24(28)21-12-20-10-11-25-22(20)13-23(21)29-4;1-14-13-21(18(22)23-19(4,5)6)15(2)12-20(14)16(3)17-10-8-7-9-11-17;1-11-10-16(12(2)9-15-11)13(3)14-7-5-4-6-8-14;1-8-7-13(9(2)6-12-8)10(14)15-11(3,4)5/h7-14,17-19,29H,15-16H2,1-6H3;5-13,16-18,25H,14-15H2,1-4H3;7-11,14-16H,12-13H2,1-6H3;4-8,11-13,15H,9-10H2,1-3H3;8-9,12H,6-7H2,1-5H3/t17-,18+,19?;16-,17+,18?;14-,15+,16?;11-,12+,13?;8-,9+/m00010/s1. The van der Waals surface area contributed by atoms with Crippen molar-refractivity contribution in [3.8, 4) is 11.5 Å².